The van der Waals surface area contributed by atoms with E-state index in [9.17, 15) is 9.90 Å². The molecule has 0 bridgehead atoms. The van der Waals surface area contributed by atoms with E-state index >= 15 is 4.79 Å². The van der Waals surface area contributed by atoms with Crippen molar-refractivity contribution in [3.63, 3.8) is 0 Å². The van der Waals surface area contributed by atoms with E-state index in [2.05, 4.69) is 73.8 Å². The zero-order valence-electron chi connectivity index (χ0n) is 41.3. The van der Waals surface area contributed by atoms with Crippen LogP contribution in [-0.2, 0) is 28.2 Å². The second-order valence-electron chi connectivity index (χ2n) is 21.6. The number of methoxy groups -OCH3 is 1. The average Bonchev–Trinajstić information content (AvgIpc) is 3.54. The fourth-order valence-electron chi connectivity index (χ4n) is 12.5. The van der Waals surface area contributed by atoms with Crippen molar-refractivity contribution in [1.82, 2.24) is 5.32 Å². The number of carbonyl (C=O) groups excluding carboxylic acids is 2. The smallest absolute Gasteiger partial charge is 0.337 e. The van der Waals surface area contributed by atoms with Gasteiger partial charge in [0.1, 0.15) is 11.9 Å². The fraction of sp³-hybridized carbons (Fsp3) is 0.593. The summed E-state index contributed by atoms with van der Waals surface area (Å²) in [4.78, 5) is 29.4. The van der Waals surface area contributed by atoms with Crippen LogP contribution in [0.15, 0.2) is 96.1 Å². The van der Waals surface area contributed by atoms with Crippen molar-refractivity contribution in [3.8, 4) is 5.75 Å². The molecule has 4 aliphatic rings. The molecule has 7 rings (SSSR count). The minimum Gasteiger partial charge on any atom is -0.497 e. The van der Waals surface area contributed by atoms with Gasteiger partial charge in [0, 0.05) is 47.3 Å². The van der Waals surface area contributed by atoms with Gasteiger partial charge in [0.25, 0.3) is 5.91 Å². The SMILES string of the molecule is CCO[C@@H]1C[C@@H]2OC(c3ccc(OC)cc3)O[C@H]3[C@@H](C)C4=C(C)[C@@H](OC(=O)[C@H](O[Si](C)(C)C(C)(C)C)[C@@H](NC(=O)c5ccccc5)c5ccccc5)C[C@@]4(C(C)(C)O)[C@@H](C)[C@H]([C@H]1C)[C@@]23C. The Hall–Kier alpha value is -3.84. The van der Waals surface area contributed by atoms with Gasteiger partial charge < -0.3 is 38.5 Å². The third kappa shape index (κ3) is 8.67. The van der Waals surface area contributed by atoms with Crippen LogP contribution in [0.5, 0.6) is 5.75 Å². The Morgan fingerprint density at radius 2 is 1.54 bits per heavy atom. The first kappa shape index (κ1) is 49.1. The summed E-state index contributed by atoms with van der Waals surface area (Å²) >= 11 is 0. The molecular formula is C54H75NO9Si. The molecular weight excluding hydrogens is 835 g/mol. The molecule has 11 heteroatoms. The molecule has 354 valence electrons. The molecule has 3 aromatic carbocycles. The summed E-state index contributed by atoms with van der Waals surface area (Å²) in [6.07, 6.45) is -2.02. The van der Waals surface area contributed by atoms with Gasteiger partial charge in [0.05, 0.1) is 37.1 Å². The van der Waals surface area contributed by atoms with Gasteiger partial charge in [-0.05, 0) is 99.0 Å². The van der Waals surface area contributed by atoms with Crippen LogP contribution in [0.4, 0.5) is 0 Å². The Bertz CT molecular complexity index is 2180. The molecule has 3 aromatic rings. The number of esters is 1. The van der Waals surface area contributed by atoms with Crippen LogP contribution in [0.2, 0.25) is 18.1 Å². The quantitative estimate of drug-likeness (QED) is 0.0981. The lowest BCUT2D eigenvalue weighted by Crippen LogP contribution is -2.64. The highest BCUT2D eigenvalue weighted by Crippen LogP contribution is 2.70. The highest BCUT2D eigenvalue weighted by molar-refractivity contribution is 6.74. The second-order valence-corrected chi connectivity index (χ2v) is 26.4. The number of aliphatic hydroxyl groups is 1. The van der Waals surface area contributed by atoms with Crippen LogP contribution in [0, 0.1) is 34.5 Å². The van der Waals surface area contributed by atoms with Gasteiger partial charge in [-0.25, -0.2) is 4.79 Å². The average molecular weight is 910 g/mol. The Morgan fingerprint density at radius 3 is 2.11 bits per heavy atom. The monoisotopic (exact) mass is 910 g/mol. The van der Waals surface area contributed by atoms with Crippen LogP contribution in [0.3, 0.4) is 0 Å². The summed E-state index contributed by atoms with van der Waals surface area (Å²) in [7, 11) is -1.03. The molecule has 3 aliphatic carbocycles. The van der Waals surface area contributed by atoms with E-state index in [0.717, 1.165) is 34.4 Å². The minimum atomic E-state index is -2.69. The number of hydrogen-bond donors (Lipinski definition) is 2. The van der Waals surface area contributed by atoms with Crippen molar-refractivity contribution in [2.75, 3.05) is 13.7 Å². The van der Waals surface area contributed by atoms with Crippen molar-refractivity contribution in [2.24, 2.45) is 34.5 Å². The number of ether oxygens (including phenoxy) is 5. The van der Waals surface area contributed by atoms with E-state index in [4.69, 9.17) is 28.1 Å². The predicted octanol–water partition coefficient (Wildman–Crippen LogP) is 10.8. The second kappa shape index (κ2) is 18.3. The molecule has 0 aromatic heterocycles. The van der Waals surface area contributed by atoms with Gasteiger partial charge in [-0.3, -0.25) is 4.79 Å². The predicted molar refractivity (Wildman–Crippen MR) is 256 cm³/mol. The number of hydrogen-bond acceptors (Lipinski definition) is 9. The molecule has 2 saturated carbocycles. The number of nitrogens with one attached hydrogen (secondary N) is 1. The highest BCUT2D eigenvalue weighted by Gasteiger charge is 2.71. The summed E-state index contributed by atoms with van der Waals surface area (Å²) in [5.41, 5.74) is 1.54. The number of amides is 1. The molecule has 13 atom stereocenters. The van der Waals surface area contributed by atoms with Crippen molar-refractivity contribution in [3.05, 3.63) is 113 Å². The Balaban J connectivity index is 1.34. The van der Waals surface area contributed by atoms with Gasteiger partial charge in [-0.15, -0.1) is 0 Å². The van der Waals surface area contributed by atoms with Gasteiger partial charge in [-0.2, -0.15) is 0 Å². The maximum Gasteiger partial charge on any atom is 0.337 e. The number of benzene rings is 3. The largest absolute Gasteiger partial charge is 0.497 e. The third-order valence-electron chi connectivity index (χ3n) is 16.7. The normalized spacial score (nSPS) is 32.4. The Kier molecular flexibility index (Phi) is 13.8. The Morgan fingerprint density at radius 1 is 0.923 bits per heavy atom. The van der Waals surface area contributed by atoms with E-state index in [1.165, 1.54) is 0 Å². The van der Waals surface area contributed by atoms with Crippen molar-refractivity contribution >= 4 is 20.2 Å². The van der Waals surface area contributed by atoms with Gasteiger partial charge in [-0.1, -0.05) is 115 Å². The molecule has 1 aliphatic heterocycles. The molecule has 1 saturated heterocycles. The molecule has 0 spiro atoms. The minimum absolute atomic E-state index is 0.0152. The van der Waals surface area contributed by atoms with Gasteiger partial charge >= 0.3 is 5.97 Å². The molecule has 10 nitrogen and oxygen atoms in total. The van der Waals surface area contributed by atoms with Crippen LogP contribution in [-0.4, -0.2) is 75.1 Å². The molecule has 1 amide bonds. The van der Waals surface area contributed by atoms with E-state index in [1.807, 2.05) is 93.6 Å². The molecule has 1 unspecified atom stereocenters. The zero-order chi connectivity index (χ0) is 47.4. The molecule has 3 fully saturated rings. The summed E-state index contributed by atoms with van der Waals surface area (Å²) in [6.45, 7) is 28.3. The van der Waals surface area contributed by atoms with Crippen LogP contribution in [0.25, 0.3) is 0 Å². The lowest BCUT2D eigenvalue weighted by Gasteiger charge is -2.61. The summed E-state index contributed by atoms with van der Waals surface area (Å²) in [5.74, 6) is -0.376. The topological polar surface area (TPSA) is 122 Å². The van der Waals surface area contributed by atoms with E-state index in [0.29, 0.717) is 18.6 Å². The first-order chi connectivity index (χ1) is 30.5. The molecule has 1 heterocycles. The summed E-state index contributed by atoms with van der Waals surface area (Å²) in [6, 6.07) is 25.6. The summed E-state index contributed by atoms with van der Waals surface area (Å²) < 4.78 is 40.5. The fourth-order valence-corrected chi connectivity index (χ4v) is 13.7. The van der Waals surface area contributed by atoms with Crippen LogP contribution in [0.1, 0.15) is 123 Å². The van der Waals surface area contributed by atoms with Crippen LogP contribution >= 0.6 is 0 Å². The lowest BCUT2D eigenvalue weighted by atomic mass is 9.49. The van der Waals surface area contributed by atoms with E-state index in [1.54, 1.807) is 19.2 Å². The maximum atomic E-state index is 15.4. The number of fused-ring (bicyclic) bond motifs is 1. The van der Waals surface area contributed by atoms with Gasteiger partial charge in [0.2, 0.25) is 0 Å². The third-order valence-corrected chi connectivity index (χ3v) is 21.1. The van der Waals surface area contributed by atoms with Gasteiger partial charge in [0.15, 0.2) is 20.7 Å². The molecule has 0 radical (unpaired) electrons. The molecule has 65 heavy (non-hydrogen) atoms. The highest BCUT2D eigenvalue weighted by atomic mass is 28.4. The van der Waals surface area contributed by atoms with Crippen molar-refractivity contribution in [1.29, 1.82) is 0 Å². The first-order valence-corrected chi connectivity index (χ1v) is 26.7. The maximum absolute atomic E-state index is 15.4. The van der Waals surface area contributed by atoms with E-state index in [-0.39, 0.29) is 52.9 Å². The zero-order valence-corrected chi connectivity index (χ0v) is 42.3. The Labute approximate surface area is 389 Å². The van der Waals surface area contributed by atoms with Crippen molar-refractivity contribution < 1.29 is 42.8 Å². The molecule has 2 N–H and O–H groups in total. The standard InChI is InChI=1S/C54H75NO9Si/c1-15-60-40-30-42-53(11)44(32(40)2)35(5)54(52(9,10)58)31-41(33(3)43(54)34(4)47(53)63-50(62-42)38-26-28-39(59-12)29-27-38)61-49(57)46(64-65(13,14)51(6,7)8)45(36-22-18-16-19-23-36)55-48(56)37-24-20-17-21-25-37/h16-29,32,34-35,40-42,44-47,50,58H,15,30-31H2,1-14H3,(H,55,56)/t32-,34-,35-,40+,41-,42-,44-,45-,46+,47-,50?,53+,54+/m0/s1. The summed E-state index contributed by atoms with van der Waals surface area (Å²) in [5, 5.41) is 15.8. The van der Waals surface area contributed by atoms with Crippen LogP contribution < -0.4 is 10.1 Å². The van der Waals surface area contributed by atoms with Crippen molar-refractivity contribution in [2.45, 2.75) is 156 Å². The van der Waals surface area contributed by atoms with E-state index < -0.39 is 55.3 Å². The lowest BCUT2D eigenvalue weighted by molar-refractivity contribution is -0.345. The first-order valence-electron chi connectivity index (χ1n) is 23.8. The number of rotatable bonds is 13. The number of carbonyl (C=O) groups is 2.